The van der Waals surface area contributed by atoms with E-state index in [0.717, 1.165) is 25.0 Å². The van der Waals surface area contributed by atoms with Gasteiger partial charge in [0.1, 0.15) is 17.1 Å². The van der Waals surface area contributed by atoms with Crippen LogP contribution in [0.1, 0.15) is 37.0 Å². The monoisotopic (exact) mass is 295 g/mol. The number of nitro groups is 1. The summed E-state index contributed by atoms with van der Waals surface area (Å²) in [6.07, 6.45) is 1.65. The van der Waals surface area contributed by atoms with Crippen molar-refractivity contribution in [2.45, 2.75) is 32.7 Å². The molecule has 0 saturated carbocycles. The number of nitrogens with two attached hydrogens (primary N) is 1. The highest BCUT2D eigenvalue weighted by Gasteiger charge is 2.32. The highest BCUT2D eigenvalue weighted by molar-refractivity contribution is 6.01. The minimum absolute atomic E-state index is 0.0423. The van der Waals surface area contributed by atoms with Crippen LogP contribution in [-0.2, 0) is 0 Å². The van der Waals surface area contributed by atoms with Crippen molar-refractivity contribution >= 4 is 17.3 Å². The van der Waals surface area contributed by atoms with Crippen molar-refractivity contribution in [2.24, 2.45) is 5.92 Å². The summed E-state index contributed by atoms with van der Waals surface area (Å²) in [6, 6.07) is 1.85. The number of hydrogen-bond donors (Lipinski definition) is 1. The maximum absolute atomic E-state index is 14.0. The van der Waals surface area contributed by atoms with Gasteiger partial charge in [0, 0.05) is 18.7 Å². The SMILES string of the molecule is CC1CCN(C(=O)c2c(F)ccc([N+](=O)[O-])c2N)C(C)C1. The van der Waals surface area contributed by atoms with Crippen LogP contribution >= 0.6 is 0 Å². The van der Waals surface area contributed by atoms with E-state index >= 15 is 0 Å². The fraction of sp³-hybridized carbons (Fsp3) is 0.500. The molecule has 1 heterocycles. The molecule has 1 aromatic rings. The summed E-state index contributed by atoms with van der Waals surface area (Å²) in [6.45, 7) is 4.49. The predicted octanol–water partition coefficient (Wildman–Crippen LogP) is 2.58. The van der Waals surface area contributed by atoms with Gasteiger partial charge in [-0.15, -0.1) is 0 Å². The van der Waals surface area contributed by atoms with Crippen LogP contribution in [0.15, 0.2) is 12.1 Å². The van der Waals surface area contributed by atoms with Crippen LogP contribution < -0.4 is 5.73 Å². The van der Waals surface area contributed by atoms with Gasteiger partial charge in [-0.05, 0) is 31.7 Å². The molecule has 1 aliphatic heterocycles. The number of halogens is 1. The van der Waals surface area contributed by atoms with Gasteiger partial charge in [0.05, 0.1) is 4.92 Å². The van der Waals surface area contributed by atoms with Gasteiger partial charge in [-0.2, -0.15) is 0 Å². The first-order valence-electron chi connectivity index (χ1n) is 6.86. The molecule has 0 bridgehead atoms. The molecule has 7 heteroatoms. The first kappa shape index (κ1) is 15.2. The van der Waals surface area contributed by atoms with E-state index in [-0.39, 0.29) is 6.04 Å². The van der Waals surface area contributed by atoms with Crippen molar-refractivity contribution < 1.29 is 14.1 Å². The molecule has 1 amide bonds. The normalized spacial score (nSPS) is 22.1. The number of likely N-dealkylation sites (tertiary alicyclic amines) is 1. The lowest BCUT2D eigenvalue weighted by atomic mass is 9.92. The zero-order valence-corrected chi connectivity index (χ0v) is 12.0. The average molecular weight is 295 g/mol. The topological polar surface area (TPSA) is 89.5 Å². The number of carbonyl (C=O) groups excluding carboxylic acids is 1. The molecule has 2 atom stereocenters. The first-order valence-corrected chi connectivity index (χ1v) is 6.86. The van der Waals surface area contributed by atoms with Crippen molar-refractivity contribution in [3.63, 3.8) is 0 Å². The standard InChI is InChI=1S/C14H18FN3O3/c1-8-5-6-17(9(2)7-8)14(19)12-10(15)3-4-11(13(12)16)18(20)21/h3-4,8-9H,5-7,16H2,1-2H3. The molecule has 1 saturated heterocycles. The molecule has 0 aromatic heterocycles. The molecule has 1 fully saturated rings. The van der Waals surface area contributed by atoms with E-state index in [4.69, 9.17) is 5.73 Å². The molecule has 114 valence electrons. The highest BCUT2D eigenvalue weighted by atomic mass is 19.1. The Hall–Kier alpha value is -2.18. The predicted molar refractivity (Wildman–Crippen MR) is 76.4 cm³/mol. The number of nitrogen functional groups attached to an aromatic ring is 1. The second kappa shape index (κ2) is 5.67. The average Bonchev–Trinajstić information content (AvgIpc) is 2.37. The van der Waals surface area contributed by atoms with Crippen LogP contribution in [0.5, 0.6) is 0 Å². The zero-order chi connectivity index (χ0) is 15.7. The number of carbonyl (C=O) groups is 1. The summed E-state index contributed by atoms with van der Waals surface area (Å²) in [7, 11) is 0. The number of rotatable bonds is 2. The van der Waals surface area contributed by atoms with Gasteiger partial charge in [0.25, 0.3) is 11.6 Å². The Bertz CT molecular complexity index is 591. The summed E-state index contributed by atoms with van der Waals surface area (Å²) in [4.78, 5) is 24.2. The first-order chi connectivity index (χ1) is 9.82. The molecule has 1 aromatic carbocycles. The summed E-state index contributed by atoms with van der Waals surface area (Å²) in [5, 5.41) is 10.9. The smallest absolute Gasteiger partial charge is 0.293 e. The van der Waals surface area contributed by atoms with Crippen molar-refractivity contribution in [2.75, 3.05) is 12.3 Å². The minimum atomic E-state index is -0.825. The van der Waals surface area contributed by atoms with E-state index in [2.05, 4.69) is 6.92 Å². The fourth-order valence-corrected chi connectivity index (χ4v) is 2.81. The number of nitro benzene ring substituents is 1. The van der Waals surface area contributed by atoms with Crippen molar-refractivity contribution in [1.29, 1.82) is 0 Å². The van der Waals surface area contributed by atoms with Gasteiger partial charge in [-0.1, -0.05) is 6.92 Å². The number of amides is 1. The second-order valence-corrected chi connectivity index (χ2v) is 5.59. The maximum Gasteiger partial charge on any atom is 0.293 e. The highest BCUT2D eigenvalue weighted by Crippen LogP contribution is 2.31. The maximum atomic E-state index is 14.0. The van der Waals surface area contributed by atoms with Gasteiger partial charge >= 0.3 is 0 Å². The lowest BCUT2D eigenvalue weighted by Gasteiger charge is -2.36. The van der Waals surface area contributed by atoms with E-state index in [1.807, 2.05) is 6.92 Å². The van der Waals surface area contributed by atoms with Gasteiger partial charge in [-0.3, -0.25) is 14.9 Å². The molecule has 21 heavy (non-hydrogen) atoms. The van der Waals surface area contributed by atoms with E-state index < -0.39 is 33.6 Å². The molecule has 1 aliphatic rings. The Labute approximate surface area is 121 Å². The number of benzene rings is 1. The fourth-order valence-electron chi connectivity index (χ4n) is 2.81. The molecular weight excluding hydrogens is 277 g/mol. The summed E-state index contributed by atoms with van der Waals surface area (Å²) in [5.74, 6) is -0.904. The Morgan fingerprint density at radius 2 is 2.14 bits per heavy atom. The molecule has 0 aliphatic carbocycles. The van der Waals surface area contributed by atoms with E-state index in [1.165, 1.54) is 0 Å². The van der Waals surface area contributed by atoms with Gasteiger partial charge in [-0.25, -0.2) is 4.39 Å². The lowest BCUT2D eigenvalue weighted by molar-refractivity contribution is -0.384. The summed E-state index contributed by atoms with van der Waals surface area (Å²) < 4.78 is 14.0. The summed E-state index contributed by atoms with van der Waals surface area (Å²) >= 11 is 0. The van der Waals surface area contributed by atoms with Crippen LogP contribution in [0.4, 0.5) is 15.8 Å². The third-order valence-corrected chi connectivity index (χ3v) is 3.98. The molecular formula is C14H18FN3O3. The molecule has 6 nitrogen and oxygen atoms in total. The van der Waals surface area contributed by atoms with Crippen LogP contribution in [0, 0.1) is 21.8 Å². The van der Waals surface area contributed by atoms with E-state index in [9.17, 15) is 19.3 Å². The largest absolute Gasteiger partial charge is 0.392 e. The Morgan fingerprint density at radius 1 is 1.48 bits per heavy atom. The Kier molecular flexibility index (Phi) is 4.11. The molecule has 2 unspecified atom stereocenters. The number of anilines is 1. The van der Waals surface area contributed by atoms with Gasteiger partial charge in [0.2, 0.25) is 0 Å². The number of piperidine rings is 1. The minimum Gasteiger partial charge on any atom is -0.392 e. The second-order valence-electron chi connectivity index (χ2n) is 5.59. The number of hydrogen-bond acceptors (Lipinski definition) is 4. The number of nitrogens with zero attached hydrogens (tertiary/aromatic N) is 2. The molecule has 2 rings (SSSR count). The van der Waals surface area contributed by atoms with Crippen LogP contribution in [-0.4, -0.2) is 28.3 Å². The van der Waals surface area contributed by atoms with E-state index in [0.29, 0.717) is 12.5 Å². The third-order valence-electron chi connectivity index (χ3n) is 3.98. The van der Waals surface area contributed by atoms with E-state index in [1.54, 1.807) is 4.90 Å². The van der Waals surface area contributed by atoms with Gasteiger partial charge in [0.15, 0.2) is 0 Å². The van der Waals surface area contributed by atoms with Gasteiger partial charge < -0.3 is 10.6 Å². The third kappa shape index (κ3) is 2.81. The van der Waals surface area contributed by atoms with Crippen molar-refractivity contribution in [1.82, 2.24) is 4.90 Å². The quantitative estimate of drug-likeness (QED) is 0.516. The Morgan fingerprint density at radius 3 is 2.71 bits per heavy atom. The summed E-state index contributed by atoms with van der Waals surface area (Å²) in [5.41, 5.74) is 4.39. The lowest BCUT2D eigenvalue weighted by Crippen LogP contribution is -2.44. The van der Waals surface area contributed by atoms with Crippen LogP contribution in [0.3, 0.4) is 0 Å². The van der Waals surface area contributed by atoms with Crippen LogP contribution in [0.2, 0.25) is 0 Å². The van der Waals surface area contributed by atoms with Crippen molar-refractivity contribution in [3.05, 3.63) is 33.6 Å². The molecule has 0 radical (unpaired) electrons. The zero-order valence-electron chi connectivity index (χ0n) is 12.0. The Balaban J connectivity index is 2.39. The molecule has 2 N–H and O–H groups in total. The van der Waals surface area contributed by atoms with Crippen LogP contribution in [0.25, 0.3) is 0 Å². The van der Waals surface area contributed by atoms with Crippen molar-refractivity contribution in [3.8, 4) is 0 Å². The molecule has 0 spiro atoms.